The lowest BCUT2D eigenvalue weighted by molar-refractivity contribution is -0.136. The van der Waals surface area contributed by atoms with E-state index < -0.39 is 42.2 Å². The Hall–Kier alpha value is -8.95. The summed E-state index contributed by atoms with van der Waals surface area (Å²) in [4.78, 5) is 103. The standard InChI is InChI=1S/C51H54N14O8/c1-6-63-39(26-30(3)58-63)46(69)57-51-54-35-28-32(18-19-37(35)62(51)25-11-10-24-61-36-16-9-8-15-34(36)53-50(61)55-41-27-31(4)59-64(41)7-2)47(70)60(5)23-13-22-52-43(67)29-73-40-17-12-14-33-44(40)49(72)65(48(33)71)38-20-21-42(66)56-45(38)68/h8-12,14-19,26-28,38H,6-7,13,20-25,29H2,1-5H3,(H,52,67)(H,53,55)(H,54,57,69)(H,56,66,68)/b11-10+. The number of piperidine rings is 1. The Morgan fingerprint density at radius 2 is 1.53 bits per heavy atom. The fourth-order valence-corrected chi connectivity index (χ4v) is 9.06. The van der Waals surface area contributed by atoms with E-state index in [1.54, 1.807) is 36.0 Å². The van der Waals surface area contributed by atoms with E-state index in [0.29, 0.717) is 66.5 Å². The number of ether oxygens (including phenoxy) is 1. The smallest absolute Gasteiger partial charge is 0.276 e. The molecule has 0 radical (unpaired) electrons. The number of fused-ring (bicyclic) bond motifs is 3. The van der Waals surface area contributed by atoms with Gasteiger partial charge in [0, 0.05) is 64.4 Å². The molecule has 0 spiro atoms. The summed E-state index contributed by atoms with van der Waals surface area (Å²) in [5.74, 6) is -2.02. The highest BCUT2D eigenvalue weighted by atomic mass is 16.5. The molecule has 6 heterocycles. The summed E-state index contributed by atoms with van der Waals surface area (Å²) in [6, 6.07) is 20.1. The number of hydrogen-bond donors (Lipinski definition) is 4. The molecule has 376 valence electrons. The molecule has 2 aliphatic heterocycles. The molecule has 0 bridgehead atoms. The summed E-state index contributed by atoms with van der Waals surface area (Å²) < 4.78 is 13.2. The maximum atomic E-state index is 13.8. The molecule has 22 heteroatoms. The van der Waals surface area contributed by atoms with E-state index in [2.05, 4.69) is 36.0 Å². The van der Waals surface area contributed by atoms with Crippen LogP contribution < -0.4 is 26.0 Å². The Morgan fingerprint density at radius 1 is 0.822 bits per heavy atom. The van der Waals surface area contributed by atoms with Crippen molar-refractivity contribution in [3.8, 4) is 5.75 Å². The molecule has 1 fully saturated rings. The van der Waals surface area contributed by atoms with E-state index in [9.17, 15) is 33.6 Å². The zero-order chi connectivity index (χ0) is 51.5. The van der Waals surface area contributed by atoms with Crippen molar-refractivity contribution in [3.05, 3.63) is 119 Å². The average molecular weight is 991 g/mol. The van der Waals surface area contributed by atoms with Gasteiger partial charge in [0.2, 0.25) is 23.7 Å². The van der Waals surface area contributed by atoms with Gasteiger partial charge in [0.05, 0.1) is 44.6 Å². The third kappa shape index (κ3) is 10.0. The molecule has 0 saturated carbocycles. The highest BCUT2D eigenvalue weighted by molar-refractivity contribution is 6.24. The Morgan fingerprint density at radius 3 is 2.30 bits per heavy atom. The number of nitrogens with one attached hydrogen (secondary N) is 4. The van der Waals surface area contributed by atoms with Crippen LogP contribution in [0, 0.1) is 13.8 Å². The van der Waals surface area contributed by atoms with Crippen LogP contribution in [0.3, 0.4) is 0 Å². The quantitative estimate of drug-likeness (QED) is 0.0486. The molecule has 4 aromatic heterocycles. The maximum absolute atomic E-state index is 13.8. The van der Waals surface area contributed by atoms with Crippen molar-refractivity contribution >= 4 is 81.1 Å². The highest BCUT2D eigenvalue weighted by Gasteiger charge is 2.46. The summed E-state index contributed by atoms with van der Waals surface area (Å²) in [7, 11) is 1.65. The van der Waals surface area contributed by atoms with E-state index in [4.69, 9.17) is 14.7 Å². The number of imidazole rings is 2. The molecule has 1 unspecified atom stereocenters. The molecule has 7 amide bonds. The Kier molecular flexibility index (Phi) is 14.0. The lowest BCUT2D eigenvalue weighted by Gasteiger charge is -2.27. The van der Waals surface area contributed by atoms with Crippen LogP contribution in [-0.4, -0.2) is 123 Å². The van der Waals surface area contributed by atoms with Gasteiger partial charge in [-0.2, -0.15) is 10.2 Å². The second-order valence-electron chi connectivity index (χ2n) is 17.7. The minimum Gasteiger partial charge on any atom is -0.483 e. The second kappa shape index (κ2) is 20.8. The number of imide groups is 2. The molecule has 1 saturated heterocycles. The largest absolute Gasteiger partial charge is 0.483 e. The van der Waals surface area contributed by atoms with E-state index in [1.807, 2.05) is 79.4 Å². The molecule has 4 N–H and O–H groups in total. The van der Waals surface area contributed by atoms with Crippen molar-refractivity contribution in [2.24, 2.45) is 0 Å². The van der Waals surface area contributed by atoms with Gasteiger partial charge in [-0.15, -0.1) is 0 Å². The normalized spacial score (nSPS) is 14.6. The maximum Gasteiger partial charge on any atom is 0.276 e. The van der Waals surface area contributed by atoms with Crippen LogP contribution in [-0.2, 0) is 40.6 Å². The van der Waals surface area contributed by atoms with Gasteiger partial charge in [-0.25, -0.2) is 14.6 Å². The number of benzene rings is 3. The minimum absolute atomic E-state index is 0.00567. The Bertz CT molecular complexity index is 3380. The van der Waals surface area contributed by atoms with Crippen molar-refractivity contribution in [2.45, 2.75) is 79.2 Å². The molecule has 2 aliphatic rings. The number of aromatic nitrogens is 8. The summed E-state index contributed by atoms with van der Waals surface area (Å²) in [5, 5.41) is 20.4. The van der Waals surface area contributed by atoms with Crippen molar-refractivity contribution in [3.63, 3.8) is 0 Å². The molecule has 0 aliphatic carbocycles. The molecule has 7 aromatic rings. The summed E-state index contributed by atoms with van der Waals surface area (Å²) in [6.45, 7) is 9.71. The van der Waals surface area contributed by atoms with E-state index in [0.717, 1.165) is 27.4 Å². The van der Waals surface area contributed by atoms with Gasteiger partial charge >= 0.3 is 0 Å². The number of carbonyl (C=O) groups excluding carboxylic acids is 7. The third-order valence-electron chi connectivity index (χ3n) is 12.6. The van der Waals surface area contributed by atoms with Crippen molar-refractivity contribution in [2.75, 3.05) is 37.4 Å². The van der Waals surface area contributed by atoms with Crippen LogP contribution in [0.2, 0.25) is 0 Å². The zero-order valence-electron chi connectivity index (χ0n) is 41.0. The van der Waals surface area contributed by atoms with Gasteiger partial charge in [-0.05, 0) is 89.1 Å². The van der Waals surface area contributed by atoms with E-state index >= 15 is 0 Å². The molecular weight excluding hydrogens is 937 g/mol. The summed E-state index contributed by atoms with van der Waals surface area (Å²) in [6.07, 6.45) is 4.40. The number of nitrogens with zero attached hydrogens (tertiary/aromatic N) is 10. The van der Waals surface area contributed by atoms with Crippen LogP contribution in [0.1, 0.15) is 86.1 Å². The Balaban J connectivity index is 0.845. The third-order valence-corrected chi connectivity index (χ3v) is 12.6. The number of rotatable bonds is 19. The molecular formula is C51H54N14O8. The average Bonchev–Trinajstić information content (AvgIpc) is 4.18. The monoisotopic (exact) mass is 990 g/mol. The summed E-state index contributed by atoms with van der Waals surface area (Å²) in [5.41, 5.74) is 5.29. The number of amides is 7. The van der Waals surface area contributed by atoms with Gasteiger partial charge in [0.15, 0.2) is 6.61 Å². The fourth-order valence-electron chi connectivity index (χ4n) is 9.06. The number of aryl methyl sites for hydroxylation is 4. The van der Waals surface area contributed by atoms with Crippen molar-refractivity contribution in [1.82, 2.24) is 59.1 Å². The Labute approximate surface area is 418 Å². The van der Waals surface area contributed by atoms with Crippen molar-refractivity contribution in [1.29, 1.82) is 0 Å². The number of para-hydroxylation sites is 2. The van der Waals surface area contributed by atoms with Gasteiger partial charge in [-0.3, -0.25) is 53.8 Å². The number of anilines is 3. The fraction of sp³-hybridized carbons (Fsp3) is 0.314. The number of allylic oxidation sites excluding steroid dienone is 2. The number of hydrogen-bond acceptors (Lipinski definition) is 13. The van der Waals surface area contributed by atoms with Gasteiger partial charge < -0.3 is 29.4 Å². The van der Waals surface area contributed by atoms with Gasteiger partial charge in [0.25, 0.3) is 29.5 Å². The van der Waals surface area contributed by atoms with Gasteiger partial charge in [-0.1, -0.05) is 30.4 Å². The summed E-state index contributed by atoms with van der Waals surface area (Å²) >= 11 is 0. The lowest BCUT2D eigenvalue weighted by Crippen LogP contribution is -2.54. The first-order valence-corrected chi connectivity index (χ1v) is 24.0. The zero-order valence-corrected chi connectivity index (χ0v) is 41.0. The molecule has 73 heavy (non-hydrogen) atoms. The first kappa shape index (κ1) is 49.0. The van der Waals surface area contributed by atoms with Crippen LogP contribution in [0.15, 0.2) is 84.9 Å². The molecule has 22 nitrogen and oxygen atoms in total. The lowest BCUT2D eigenvalue weighted by atomic mass is 10.0. The van der Waals surface area contributed by atoms with Crippen molar-refractivity contribution < 1.29 is 38.3 Å². The van der Waals surface area contributed by atoms with Crippen LogP contribution in [0.25, 0.3) is 22.1 Å². The predicted molar refractivity (Wildman–Crippen MR) is 268 cm³/mol. The van der Waals surface area contributed by atoms with E-state index in [1.165, 1.54) is 23.1 Å². The number of carbonyl (C=O) groups is 7. The van der Waals surface area contributed by atoms with E-state index in [-0.39, 0.29) is 60.6 Å². The molecule has 9 rings (SSSR count). The molecule has 1 atom stereocenters. The SMILES string of the molecule is CCn1nc(C)cc1Nc1nc2ccccc2n1C/C=C/Cn1c(NC(=O)c2cc(C)nn2CC)nc2cc(C(=O)N(C)CCCNC(=O)COc3cccc4c3C(=O)N(C3CCC(=O)NC3=O)C4=O)ccc21. The van der Waals surface area contributed by atoms with Crippen LogP contribution in [0.5, 0.6) is 5.75 Å². The molecule has 3 aromatic carbocycles. The topological polar surface area (TPSA) is 255 Å². The van der Waals surface area contributed by atoms with Crippen LogP contribution >= 0.6 is 0 Å². The first-order valence-electron chi connectivity index (χ1n) is 24.0. The highest BCUT2D eigenvalue weighted by Crippen LogP contribution is 2.34. The second-order valence-corrected chi connectivity index (χ2v) is 17.7. The first-order chi connectivity index (χ1) is 35.2. The van der Waals surface area contributed by atoms with Gasteiger partial charge in [0.1, 0.15) is 23.3 Å². The predicted octanol–water partition coefficient (Wildman–Crippen LogP) is 4.75. The minimum atomic E-state index is -1.14. The van der Waals surface area contributed by atoms with Crippen LogP contribution in [0.4, 0.5) is 17.7 Å².